The average molecular weight is 483 g/mol. The lowest BCUT2D eigenvalue weighted by atomic mass is 9.97. The number of hydrogen-bond acceptors (Lipinski definition) is 4. The highest BCUT2D eigenvalue weighted by atomic mass is 127. The molecule has 0 amide bonds. The molecule has 148 valence electrons. The number of aryl methyl sites for hydroxylation is 3. The molecule has 0 saturated carbocycles. The van der Waals surface area contributed by atoms with Crippen molar-refractivity contribution in [2.24, 2.45) is 16.6 Å². The second-order valence-corrected chi connectivity index (χ2v) is 7.19. The Hall–Kier alpha value is -1.61. The number of piperidine rings is 1. The largest absolute Gasteiger partial charge is 0.444 e. The van der Waals surface area contributed by atoms with E-state index >= 15 is 0 Å². The van der Waals surface area contributed by atoms with E-state index in [0.29, 0.717) is 11.9 Å². The molecule has 0 aliphatic carbocycles. The highest BCUT2D eigenvalue weighted by Crippen LogP contribution is 2.20. The topological polar surface area (TPSA) is 79.7 Å². The zero-order valence-corrected chi connectivity index (χ0v) is 18.7. The van der Waals surface area contributed by atoms with E-state index in [1.807, 2.05) is 26.0 Å². The molecule has 1 saturated heterocycles. The lowest BCUT2D eigenvalue weighted by Crippen LogP contribution is -2.34. The van der Waals surface area contributed by atoms with Gasteiger partial charge in [0.15, 0.2) is 5.96 Å². The van der Waals surface area contributed by atoms with E-state index in [1.165, 1.54) is 5.56 Å². The number of oxazole rings is 1. The molecule has 0 bridgehead atoms. The number of aliphatic imine (C=N–C) groups is 1. The molecule has 3 N–H and O–H groups in total. The summed E-state index contributed by atoms with van der Waals surface area (Å²) in [6.07, 6.45) is 2.25. The van der Waals surface area contributed by atoms with E-state index in [0.717, 1.165) is 62.1 Å². The number of rotatable bonds is 5. The molecule has 7 heteroatoms. The van der Waals surface area contributed by atoms with E-state index in [4.69, 9.17) is 10.2 Å². The summed E-state index contributed by atoms with van der Waals surface area (Å²) in [7, 11) is 0. The molecule has 6 nitrogen and oxygen atoms in total. The smallest absolute Gasteiger partial charge is 0.208 e. The molecular formula is C20H30IN5O. The van der Waals surface area contributed by atoms with E-state index in [-0.39, 0.29) is 24.0 Å². The lowest BCUT2D eigenvalue weighted by Gasteiger charge is -2.30. The van der Waals surface area contributed by atoms with Gasteiger partial charge in [0.25, 0.3) is 0 Å². The fourth-order valence-corrected chi connectivity index (χ4v) is 3.26. The Morgan fingerprint density at radius 2 is 2.04 bits per heavy atom. The Labute approximate surface area is 178 Å². The minimum Gasteiger partial charge on any atom is -0.444 e. The first-order chi connectivity index (χ1) is 12.5. The number of benzene rings is 1. The third-order valence-electron chi connectivity index (χ3n) is 4.95. The van der Waals surface area contributed by atoms with Crippen molar-refractivity contribution in [3.8, 4) is 0 Å². The number of nitrogens with one attached hydrogen (secondary N) is 1. The number of likely N-dealkylation sites (tertiary alicyclic amines) is 1. The van der Waals surface area contributed by atoms with Crippen LogP contribution in [0.15, 0.2) is 33.7 Å². The minimum atomic E-state index is 0. The molecule has 0 spiro atoms. The molecule has 0 atom stereocenters. The lowest BCUT2D eigenvalue weighted by molar-refractivity contribution is 0.166. The summed E-state index contributed by atoms with van der Waals surface area (Å²) in [5, 5.41) is 3.17. The van der Waals surface area contributed by atoms with Crippen LogP contribution in [0.3, 0.4) is 0 Å². The predicted molar refractivity (Wildman–Crippen MR) is 121 cm³/mol. The van der Waals surface area contributed by atoms with Gasteiger partial charge in [-0.2, -0.15) is 0 Å². The molecule has 1 aliphatic heterocycles. The van der Waals surface area contributed by atoms with Gasteiger partial charge in [-0.25, -0.2) is 4.98 Å². The molecule has 0 unspecified atom stereocenters. The van der Waals surface area contributed by atoms with Crippen molar-refractivity contribution < 1.29 is 4.42 Å². The minimum absolute atomic E-state index is 0. The Kier molecular flexibility index (Phi) is 8.09. The maximum absolute atomic E-state index is 6.03. The first-order valence-corrected chi connectivity index (χ1v) is 9.28. The fraction of sp³-hybridized carbons (Fsp3) is 0.500. The van der Waals surface area contributed by atoms with Crippen molar-refractivity contribution in [1.82, 2.24) is 9.88 Å². The normalized spacial score (nSPS) is 16.2. The van der Waals surface area contributed by atoms with Crippen molar-refractivity contribution in [3.05, 3.63) is 47.2 Å². The van der Waals surface area contributed by atoms with Crippen LogP contribution >= 0.6 is 24.0 Å². The summed E-state index contributed by atoms with van der Waals surface area (Å²) < 4.78 is 5.69. The Bertz CT molecular complexity index is 746. The Morgan fingerprint density at radius 1 is 1.30 bits per heavy atom. The van der Waals surface area contributed by atoms with Gasteiger partial charge in [0.2, 0.25) is 5.89 Å². The molecule has 1 fully saturated rings. The van der Waals surface area contributed by atoms with Crippen LogP contribution in [0.1, 0.15) is 35.7 Å². The molecule has 1 aromatic heterocycles. The van der Waals surface area contributed by atoms with E-state index in [2.05, 4.69) is 39.2 Å². The zero-order chi connectivity index (χ0) is 18.5. The van der Waals surface area contributed by atoms with Crippen LogP contribution in [0.4, 0.5) is 5.69 Å². The van der Waals surface area contributed by atoms with Crippen LogP contribution in [-0.2, 0) is 6.54 Å². The van der Waals surface area contributed by atoms with Crippen LogP contribution in [0, 0.1) is 26.7 Å². The molecule has 1 aliphatic rings. The van der Waals surface area contributed by atoms with Crippen LogP contribution in [0.25, 0.3) is 0 Å². The molecule has 0 radical (unpaired) electrons. The van der Waals surface area contributed by atoms with Crippen molar-refractivity contribution in [1.29, 1.82) is 0 Å². The van der Waals surface area contributed by atoms with Gasteiger partial charge in [-0.3, -0.25) is 9.89 Å². The number of hydrogen-bond donors (Lipinski definition) is 2. The number of anilines is 1. The highest BCUT2D eigenvalue weighted by Gasteiger charge is 2.20. The number of nitrogens with zero attached hydrogens (tertiary/aromatic N) is 3. The zero-order valence-electron chi connectivity index (χ0n) is 16.4. The van der Waals surface area contributed by atoms with E-state index < -0.39 is 0 Å². The van der Waals surface area contributed by atoms with E-state index in [9.17, 15) is 0 Å². The van der Waals surface area contributed by atoms with Crippen molar-refractivity contribution in [2.75, 3.05) is 25.0 Å². The van der Waals surface area contributed by atoms with Crippen molar-refractivity contribution >= 4 is 35.6 Å². The fourth-order valence-electron chi connectivity index (χ4n) is 3.26. The van der Waals surface area contributed by atoms with Gasteiger partial charge >= 0.3 is 0 Å². The first kappa shape index (κ1) is 21.7. The molecule has 2 heterocycles. The number of nitrogens with two attached hydrogens (primary N) is 1. The van der Waals surface area contributed by atoms with Gasteiger partial charge in [-0.1, -0.05) is 12.1 Å². The van der Waals surface area contributed by atoms with Crippen LogP contribution < -0.4 is 11.1 Å². The van der Waals surface area contributed by atoms with Gasteiger partial charge < -0.3 is 15.5 Å². The van der Waals surface area contributed by atoms with Crippen LogP contribution in [0.5, 0.6) is 0 Å². The first-order valence-electron chi connectivity index (χ1n) is 9.28. The second kappa shape index (κ2) is 10.1. The quantitative estimate of drug-likeness (QED) is 0.384. The summed E-state index contributed by atoms with van der Waals surface area (Å²) in [5.41, 5.74) is 9.20. The summed E-state index contributed by atoms with van der Waals surface area (Å²) >= 11 is 0. The summed E-state index contributed by atoms with van der Waals surface area (Å²) in [6, 6.07) is 8.14. The highest BCUT2D eigenvalue weighted by molar-refractivity contribution is 14.0. The number of halogens is 1. The number of guanidine groups is 1. The Balaban J connectivity index is 0.00000261. The summed E-state index contributed by atoms with van der Waals surface area (Å²) in [4.78, 5) is 11.4. The standard InChI is InChI=1S/C20H29N5O.HI/c1-14-5-4-6-18(11-14)24-20(21)22-12-17-7-9-25(10-8-17)13-19-23-15(2)16(3)26-19;/h4-6,11,17H,7-10,12-13H2,1-3H3,(H3,21,22,24);1H. The van der Waals surface area contributed by atoms with Gasteiger partial charge in [-0.05, 0) is 70.3 Å². The van der Waals surface area contributed by atoms with Crippen molar-refractivity contribution in [3.63, 3.8) is 0 Å². The molecule has 2 aromatic rings. The number of aromatic nitrogens is 1. The maximum Gasteiger partial charge on any atom is 0.208 e. The monoisotopic (exact) mass is 483 g/mol. The van der Waals surface area contributed by atoms with Gasteiger partial charge in [0.1, 0.15) is 5.76 Å². The summed E-state index contributed by atoms with van der Waals surface area (Å²) in [6.45, 7) is 9.68. The molecule has 27 heavy (non-hydrogen) atoms. The van der Waals surface area contributed by atoms with Crippen LogP contribution in [-0.4, -0.2) is 35.5 Å². The van der Waals surface area contributed by atoms with Crippen LogP contribution in [0.2, 0.25) is 0 Å². The van der Waals surface area contributed by atoms with Crippen molar-refractivity contribution in [2.45, 2.75) is 40.2 Å². The van der Waals surface area contributed by atoms with Gasteiger partial charge in [0, 0.05) is 12.2 Å². The molecule has 1 aromatic carbocycles. The third-order valence-corrected chi connectivity index (χ3v) is 4.95. The van der Waals surface area contributed by atoms with Gasteiger partial charge in [-0.15, -0.1) is 24.0 Å². The SMILES string of the molecule is Cc1cccc(NC(N)=NCC2CCN(Cc3nc(C)c(C)o3)CC2)c1.I. The van der Waals surface area contributed by atoms with Gasteiger partial charge in [0.05, 0.1) is 12.2 Å². The molecular weight excluding hydrogens is 453 g/mol. The average Bonchev–Trinajstić information content (AvgIpc) is 2.92. The predicted octanol–water partition coefficient (Wildman–Crippen LogP) is 3.86. The summed E-state index contributed by atoms with van der Waals surface area (Å²) in [5.74, 6) is 2.81. The maximum atomic E-state index is 6.03. The molecule has 3 rings (SSSR count). The second-order valence-electron chi connectivity index (χ2n) is 7.19. The van der Waals surface area contributed by atoms with E-state index in [1.54, 1.807) is 0 Å². The third kappa shape index (κ3) is 6.49. The Morgan fingerprint density at radius 3 is 2.67 bits per heavy atom.